The van der Waals surface area contributed by atoms with Crippen molar-refractivity contribution in [2.24, 2.45) is 29.6 Å². The van der Waals surface area contributed by atoms with Gasteiger partial charge in [0.2, 0.25) is 0 Å². The molecule has 0 aliphatic heterocycles. The summed E-state index contributed by atoms with van der Waals surface area (Å²) >= 11 is 0. The summed E-state index contributed by atoms with van der Waals surface area (Å²) in [6.07, 6.45) is -23.8. The zero-order valence-electron chi connectivity index (χ0n) is 10.4. The third kappa shape index (κ3) is 3.39. The van der Waals surface area contributed by atoms with Crippen LogP contribution in [0.4, 0.5) is 52.7 Å². The maximum Gasteiger partial charge on any atom is 0.393 e. The highest BCUT2D eigenvalue weighted by Crippen LogP contribution is 2.64. The van der Waals surface area contributed by atoms with Gasteiger partial charge in [0.1, 0.15) is 0 Å². The van der Waals surface area contributed by atoms with E-state index in [9.17, 15) is 52.7 Å². The standard InChI is InChI=1S/C10H8F12/c1-2-3(7(11,12)13)5(9(17,18)19)6(10(20,21)22)4(2)8(14,15)16/h2-6H,1H3. The quantitative estimate of drug-likeness (QED) is 0.514. The Hall–Kier alpha value is -0.840. The number of hydrogen-bond acceptors (Lipinski definition) is 0. The molecule has 0 heterocycles. The Morgan fingerprint density at radius 3 is 0.727 bits per heavy atom. The van der Waals surface area contributed by atoms with Gasteiger partial charge >= 0.3 is 24.7 Å². The molecule has 0 spiro atoms. The Kier molecular flexibility index (Phi) is 4.44. The van der Waals surface area contributed by atoms with Crippen molar-refractivity contribution < 1.29 is 52.7 Å². The molecule has 0 N–H and O–H groups in total. The fraction of sp³-hybridized carbons (Fsp3) is 1.00. The van der Waals surface area contributed by atoms with E-state index in [1.165, 1.54) is 0 Å². The fourth-order valence-corrected chi connectivity index (χ4v) is 3.14. The summed E-state index contributed by atoms with van der Waals surface area (Å²) in [7, 11) is 0. The smallest absolute Gasteiger partial charge is 0.171 e. The minimum atomic E-state index is -6.07. The van der Waals surface area contributed by atoms with Gasteiger partial charge in [0, 0.05) is 0 Å². The molecule has 132 valence electrons. The van der Waals surface area contributed by atoms with E-state index >= 15 is 0 Å². The Labute approximate surface area is 115 Å². The summed E-state index contributed by atoms with van der Waals surface area (Å²) in [5.74, 6) is -18.8. The molecule has 0 radical (unpaired) electrons. The predicted molar refractivity (Wildman–Crippen MR) is 47.3 cm³/mol. The van der Waals surface area contributed by atoms with Crippen LogP contribution in [0.5, 0.6) is 0 Å². The lowest BCUT2D eigenvalue weighted by molar-refractivity contribution is -0.298. The second kappa shape index (κ2) is 5.08. The van der Waals surface area contributed by atoms with Crippen molar-refractivity contribution in [2.45, 2.75) is 31.6 Å². The molecule has 1 fully saturated rings. The van der Waals surface area contributed by atoms with E-state index in [-0.39, 0.29) is 6.92 Å². The zero-order valence-corrected chi connectivity index (χ0v) is 10.4. The molecule has 1 saturated carbocycles. The van der Waals surface area contributed by atoms with Crippen molar-refractivity contribution in [3.8, 4) is 0 Å². The van der Waals surface area contributed by atoms with Crippen LogP contribution in [0, 0.1) is 29.6 Å². The normalized spacial score (nSPS) is 35.0. The highest BCUT2D eigenvalue weighted by molar-refractivity contribution is 5.05. The molecule has 4 atom stereocenters. The van der Waals surface area contributed by atoms with Crippen LogP contribution in [-0.4, -0.2) is 24.7 Å². The van der Waals surface area contributed by atoms with Crippen molar-refractivity contribution >= 4 is 0 Å². The van der Waals surface area contributed by atoms with Gasteiger partial charge in [-0.3, -0.25) is 0 Å². The number of halogens is 12. The maximum absolute atomic E-state index is 12.7. The van der Waals surface area contributed by atoms with Gasteiger partial charge in [-0.2, -0.15) is 52.7 Å². The zero-order chi connectivity index (χ0) is 17.9. The molecule has 4 unspecified atom stereocenters. The maximum atomic E-state index is 12.7. The minimum Gasteiger partial charge on any atom is -0.171 e. The Morgan fingerprint density at radius 1 is 0.409 bits per heavy atom. The van der Waals surface area contributed by atoms with Crippen molar-refractivity contribution in [1.82, 2.24) is 0 Å². The molecule has 0 nitrogen and oxygen atoms in total. The van der Waals surface area contributed by atoms with Gasteiger partial charge in [-0.15, -0.1) is 0 Å². The Balaban J connectivity index is 3.57. The number of hydrogen-bond donors (Lipinski definition) is 0. The van der Waals surface area contributed by atoms with E-state index in [1.54, 1.807) is 0 Å². The first-order valence-corrected chi connectivity index (χ1v) is 5.67. The lowest BCUT2D eigenvalue weighted by atomic mass is 9.85. The SMILES string of the molecule is CC1C(C(F)(F)F)C(C(F)(F)F)C(C(F)(F)F)C1C(F)(F)F. The summed E-state index contributed by atoms with van der Waals surface area (Å²) in [6, 6.07) is 0. The third-order valence-electron chi connectivity index (χ3n) is 3.81. The van der Waals surface area contributed by atoms with Crippen LogP contribution in [0.2, 0.25) is 0 Å². The molecular formula is C10H8F12. The lowest BCUT2D eigenvalue weighted by Gasteiger charge is -2.31. The van der Waals surface area contributed by atoms with Gasteiger partial charge in [0.15, 0.2) is 0 Å². The summed E-state index contributed by atoms with van der Waals surface area (Å²) in [5.41, 5.74) is 0. The van der Waals surface area contributed by atoms with Crippen LogP contribution in [0.15, 0.2) is 0 Å². The largest absolute Gasteiger partial charge is 0.393 e. The van der Waals surface area contributed by atoms with Crippen LogP contribution < -0.4 is 0 Å². The second-order valence-corrected chi connectivity index (χ2v) is 5.13. The third-order valence-corrected chi connectivity index (χ3v) is 3.81. The molecule has 1 aliphatic rings. The molecule has 0 aromatic carbocycles. The van der Waals surface area contributed by atoms with Crippen LogP contribution >= 0.6 is 0 Å². The molecule has 1 aliphatic carbocycles. The summed E-state index contributed by atoms with van der Waals surface area (Å²) in [4.78, 5) is 0. The van der Waals surface area contributed by atoms with Gasteiger partial charge in [-0.05, 0) is 5.92 Å². The van der Waals surface area contributed by atoms with Crippen LogP contribution in [0.3, 0.4) is 0 Å². The van der Waals surface area contributed by atoms with Gasteiger partial charge < -0.3 is 0 Å². The fourth-order valence-electron chi connectivity index (χ4n) is 3.14. The Bertz CT molecular complexity index is 358. The first-order valence-electron chi connectivity index (χ1n) is 5.67. The first-order chi connectivity index (χ1) is 9.40. The van der Waals surface area contributed by atoms with Gasteiger partial charge in [-0.25, -0.2) is 0 Å². The van der Waals surface area contributed by atoms with E-state index in [0.717, 1.165) is 0 Å². The summed E-state index contributed by atoms with van der Waals surface area (Å²) < 4.78 is 152. The molecule has 12 heteroatoms. The van der Waals surface area contributed by atoms with E-state index < -0.39 is 54.3 Å². The number of rotatable bonds is 0. The molecule has 0 bridgehead atoms. The average molecular weight is 356 g/mol. The van der Waals surface area contributed by atoms with Crippen LogP contribution in [0.1, 0.15) is 6.92 Å². The van der Waals surface area contributed by atoms with Gasteiger partial charge in [0.25, 0.3) is 0 Å². The van der Waals surface area contributed by atoms with Crippen LogP contribution in [-0.2, 0) is 0 Å². The van der Waals surface area contributed by atoms with Gasteiger partial charge in [-0.1, -0.05) is 6.92 Å². The predicted octanol–water partition coefficient (Wildman–Crippen LogP) is 5.35. The molecule has 0 aromatic rings. The highest BCUT2D eigenvalue weighted by Gasteiger charge is 2.76. The van der Waals surface area contributed by atoms with Crippen molar-refractivity contribution in [3.63, 3.8) is 0 Å². The monoisotopic (exact) mass is 356 g/mol. The number of alkyl halides is 12. The van der Waals surface area contributed by atoms with Crippen LogP contribution in [0.25, 0.3) is 0 Å². The van der Waals surface area contributed by atoms with E-state index in [2.05, 4.69) is 0 Å². The topological polar surface area (TPSA) is 0 Å². The average Bonchev–Trinajstić information content (AvgIpc) is 2.48. The molecule has 22 heavy (non-hydrogen) atoms. The van der Waals surface area contributed by atoms with Crippen molar-refractivity contribution in [2.75, 3.05) is 0 Å². The minimum absolute atomic E-state index is 0.112. The summed E-state index contributed by atoms with van der Waals surface area (Å²) in [6.45, 7) is 0.112. The lowest BCUT2D eigenvalue weighted by Crippen LogP contribution is -2.45. The van der Waals surface area contributed by atoms with Crippen molar-refractivity contribution in [3.05, 3.63) is 0 Å². The molecular weight excluding hydrogens is 348 g/mol. The second-order valence-electron chi connectivity index (χ2n) is 5.13. The molecule has 0 amide bonds. The van der Waals surface area contributed by atoms with Gasteiger partial charge in [0.05, 0.1) is 23.7 Å². The highest BCUT2D eigenvalue weighted by atomic mass is 19.4. The van der Waals surface area contributed by atoms with E-state index in [0.29, 0.717) is 0 Å². The Morgan fingerprint density at radius 2 is 0.591 bits per heavy atom. The van der Waals surface area contributed by atoms with Crippen molar-refractivity contribution in [1.29, 1.82) is 0 Å². The molecule has 1 rings (SSSR count). The summed E-state index contributed by atoms with van der Waals surface area (Å²) in [5, 5.41) is 0. The van der Waals surface area contributed by atoms with E-state index in [1.807, 2.05) is 0 Å². The molecule has 0 saturated heterocycles. The van der Waals surface area contributed by atoms with E-state index in [4.69, 9.17) is 0 Å². The molecule has 0 aromatic heterocycles. The first kappa shape index (κ1) is 19.2.